The lowest BCUT2D eigenvalue weighted by Crippen LogP contribution is -2.59. The molecule has 4 aromatic rings. The maximum atomic E-state index is 14.2. The number of hydrogen-bond donors (Lipinski definition) is 1. The Balaban J connectivity index is 1.48. The molecule has 2 saturated heterocycles. The van der Waals surface area contributed by atoms with Crippen molar-refractivity contribution in [3.8, 4) is 5.69 Å². The quantitative estimate of drug-likeness (QED) is 0.514. The van der Waals surface area contributed by atoms with Crippen molar-refractivity contribution in [1.29, 1.82) is 0 Å². The van der Waals surface area contributed by atoms with Crippen LogP contribution in [0.1, 0.15) is 53.1 Å². The van der Waals surface area contributed by atoms with E-state index in [0.29, 0.717) is 28.8 Å². The molecule has 7 rings (SSSR count). The van der Waals surface area contributed by atoms with Gasteiger partial charge in [0.1, 0.15) is 11.2 Å². The summed E-state index contributed by atoms with van der Waals surface area (Å²) in [6, 6.07) is 7.93. The van der Waals surface area contributed by atoms with Crippen molar-refractivity contribution in [1.82, 2.24) is 29.9 Å². The monoisotopic (exact) mass is 443 g/mol. The van der Waals surface area contributed by atoms with Crippen molar-refractivity contribution in [2.45, 2.75) is 45.7 Å². The van der Waals surface area contributed by atoms with Crippen molar-refractivity contribution in [3.05, 3.63) is 59.2 Å². The van der Waals surface area contributed by atoms with Gasteiger partial charge in [-0.3, -0.25) is 4.79 Å². The second-order valence-electron chi connectivity index (χ2n) is 9.22. The molecule has 0 unspecified atom stereocenters. The Labute approximate surface area is 190 Å². The van der Waals surface area contributed by atoms with E-state index < -0.39 is 0 Å². The Bertz CT molecular complexity index is 1370. The van der Waals surface area contributed by atoms with Crippen LogP contribution in [-0.4, -0.2) is 41.8 Å². The molecule has 2 atom stereocenters. The molecular weight excluding hydrogens is 418 g/mol. The van der Waals surface area contributed by atoms with E-state index in [9.17, 15) is 4.79 Å². The average molecular weight is 444 g/mol. The Kier molecular flexibility index (Phi) is 4.30. The van der Waals surface area contributed by atoms with Crippen LogP contribution >= 0.6 is 0 Å². The van der Waals surface area contributed by atoms with Gasteiger partial charge in [0.25, 0.3) is 11.9 Å². The predicted octanol–water partition coefficient (Wildman–Crippen LogP) is 3.61. The van der Waals surface area contributed by atoms with Gasteiger partial charge in [0.05, 0.1) is 18.4 Å². The van der Waals surface area contributed by atoms with Crippen LogP contribution in [0.5, 0.6) is 0 Å². The number of aromatic nitrogens is 5. The highest BCUT2D eigenvalue weighted by atomic mass is 16.4. The van der Waals surface area contributed by atoms with Crippen molar-refractivity contribution < 1.29 is 9.21 Å². The van der Waals surface area contributed by atoms with Crippen molar-refractivity contribution >= 4 is 23.0 Å². The minimum atomic E-state index is -0.0924. The van der Waals surface area contributed by atoms with Gasteiger partial charge in [0.2, 0.25) is 0 Å². The molecule has 168 valence electrons. The Hall–Kier alpha value is -3.75. The molecule has 1 saturated carbocycles. The topological polar surface area (TPSA) is 116 Å². The van der Waals surface area contributed by atoms with E-state index >= 15 is 0 Å². The van der Waals surface area contributed by atoms with Gasteiger partial charge in [0.15, 0.2) is 11.3 Å². The van der Waals surface area contributed by atoms with Crippen molar-refractivity contribution in [2.24, 2.45) is 11.8 Å². The van der Waals surface area contributed by atoms with E-state index in [4.69, 9.17) is 10.2 Å². The number of amides is 1. The van der Waals surface area contributed by atoms with E-state index in [-0.39, 0.29) is 24.0 Å². The number of nitrogens with two attached hydrogens (primary N) is 1. The summed E-state index contributed by atoms with van der Waals surface area (Å²) in [6.45, 7) is 6.16. The fraction of sp³-hybridized carbons (Fsp3) is 0.375. The van der Waals surface area contributed by atoms with E-state index in [1.807, 2.05) is 43.0 Å². The first-order valence-electron chi connectivity index (χ1n) is 11.2. The van der Waals surface area contributed by atoms with Gasteiger partial charge in [-0.1, -0.05) is 13.0 Å². The Morgan fingerprint density at radius 1 is 1.09 bits per heavy atom. The van der Waals surface area contributed by atoms with Crippen LogP contribution in [0.2, 0.25) is 0 Å². The number of carbonyl (C=O) groups is 1. The van der Waals surface area contributed by atoms with Gasteiger partial charge < -0.3 is 15.1 Å². The summed E-state index contributed by atoms with van der Waals surface area (Å²) in [7, 11) is 0. The molecule has 3 fully saturated rings. The molecule has 3 aliphatic rings. The minimum absolute atomic E-state index is 0.0851. The van der Waals surface area contributed by atoms with Crippen LogP contribution in [0.4, 0.5) is 6.01 Å². The summed E-state index contributed by atoms with van der Waals surface area (Å²) in [5, 5.41) is 8.48. The molecule has 2 bridgehead atoms. The van der Waals surface area contributed by atoms with E-state index in [2.05, 4.69) is 27.1 Å². The first-order valence-corrected chi connectivity index (χ1v) is 11.2. The van der Waals surface area contributed by atoms with Crippen LogP contribution in [0.3, 0.4) is 0 Å². The number of fused-ring (bicyclic) bond motifs is 3. The molecule has 2 N–H and O–H groups in total. The number of nitrogen functional groups attached to an aromatic ring is 1. The number of nitrogens with zero attached hydrogens (tertiary/aromatic N) is 6. The average Bonchev–Trinajstić information content (AvgIpc) is 3.42. The predicted molar refractivity (Wildman–Crippen MR) is 122 cm³/mol. The van der Waals surface area contributed by atoms with Crippen LogP contribution < -0.4 is 5.73 Å². The maximum absolute atomic E-state index is 14.2. The lowest BCUT2D eigenvalue weighted by Gasteiger charge is -2.57. The molecule has 0 spiro atoms. The molecular formula is C24H25N7O2. The summed E-state index contributed by atoms with van der Waals surface area (Å²) >= 11 is 0. The number of piperidine rings is 2. The second-order valence-corrected chi connectivity index (χ2v) is 9.22. The highest BCUT2D eigenvalue weighted by molar-refractivity contribution is 5.96. The van der Waals surface area contributed by atoms with Crippen molar-refractivity contribution in [2.75, 3.05) is 5.73 Å². The molecule has 1 aliphatic carbocycles. The summed E-state index contributed by atoms with van der Waals surface area (Å²) in [6.07, 6.45) is 5.22. The van der Waals surface area contributed by atoms with Crippen LogP contribution in [-0.2, 0) is 0 Å². The molecule has 33 heavy (non-hydrogen) atoms. The largest absolute Gasteiger partial charge is 0.424 e. The lowest BCUT2D eigenvalue weighted by atomic mass is 9.63. The summed E-state index contributed by atoms with van der Waals surface area (Å²) in [5.74, 6) is 0.805. The first kappa shape index (κ1) is 19.9. The number of rotatable bonds is 3. The Morgan fingerprint density at radius 3 is 2.61 bits per heavy atom. The number of anilines is 1. The third-order valence-corrected chi connectivity index (χ3v) is 7.36. The number of pyridine rings is 1. The van der Waals surface area contributed by atoms with Crippen LogP contribution in [0.25, 0.3) is 16.8 Å². The van der Waals surface area contributed by atoms with Crippen LogP contribution in [0.15, 0.2) is 41.1 Å². The summed E-state index contributed by atoms with van der Waals surface area (Å²) in [5.41, 5.74) is 11.0. The summed E-state index contributed by atoms with van der Waals surface area (Å²) in [4.78, 5) is 26.7. The van der Waals surface area contributed by atoms with E-state index in [0.717, 1.165) is 35.2 Å². The number of carbonyl (C=O) groups excluding carboxylic acids is 1. The van der Waals surface area contributed by atoms with Gasteiger partial charge in [-0.05, 0) is 67.9 Å². The van der Waals surface area contributed by atoms with Gasteiger partial charge in [0, 0.05) is 11.7 Å². The molecule has 1 amide bonds. The standard InChI is InChI=1S/C24H25N7O2/c1-12-4-6-18(31-26-8-9-27-31)21(28-12)23(32)30-16-10-15(11-16)13(2)22(30)17-5-7-19-20(14(17)3)29-24(25)33-19/h4-9,13,15-16,22H,10-11H2,1-3H3,(H2,25,29)/t13-,15?,16?,22+/m1/s1. The molecule has 9 nitrogen and oxygen atoms in total. The smallest absolute Gasteiger partial charge is 0.292 e. The van der Waals surface area contributed by atoms with E-state index in [1.165, 1.54) is 4.80 Å². The third kappa shape index (κ3) is 2.95. The zero-order valence-electron chi connectivity index (χ0n) is 18.8. The Morgan fingerprint density at radius 2 is 1.85 bits per heavy atom. The molecule has 5 heterocycles. The van der Waals surface area contributed by atoms with Gasteiger partial charge in [-0.15, -0.1) is 4.80 Å². The van der Waals surface area contributed by atoms with Gasteiger partial charge in [-0.25, -0.2) is 4.98 Å². The molecule has 3 aromatic heterocycles. The van der Waals surface area contributed by atoms with Gasteiger partial charge >= 0.3 is 0 Å². The fourth-order valence-corrected chi connectivity index (χ4v) is 5.56. The van der Waals surface area contributed by atoms with Crippen molar-refractivity contribution in [3.63, 3.8) is 0 Å². The fourth-order valence-electron chi connectivity index (χ4n) is 5.56. The molecule has 1 aromatic carbocycles. The number of benzene rings is 1. The SMILES string of the molecule is Cc1ccc(-n2nccn2)c(C(=O)N2C3CC(C3)[C@@H](C)[C@H]2c2ccc3oc(N)nc3c2C)n1. The maximum Gasteiger partial charge on any atom is 0.292 e. The lowest BCUT2D eigenvalue weighted by molar-refractivity contribution is -0.0567. The molecule has 2 aliphatic heterocycles. The van der Waals surface area contributed by atoms with E-state index in [1.54, 1.807) is 12.4 Å². The number of oxazole rings is 1. The number of hydrogen-bond acceptors (Lipinski definition) is 7. The second kappa shape index (κ2) is 7.13. The normalized spacial score (nSPS) is 24.2. The molecule has 0 radical (unpaired) electrons. The van der Waals surface area contributed by atoms with Crippen LogP contribution in [0, 0.1) is 25.7 Å². The highest BCUT2D eigenvalue weighted by Gasteiger charge is 2.52. The zero-order chi connectivity index (χ0) is 22.9. The minimum Gasteiger partial charge on any atom is -0.424 e. The number of aryl methyl sites for hydroxylation is 2. The third-order valence-electron chi connectivity index (χ3n) is 7.36. The summed E-state index contributed by atoms with van der Waals surface area (Å²) < 4.78 is 5.52. The first-order chi connectivity index (χ1) is 15.9. The van der Waals surface area contributed by atoms with Gasteiger partial charge in [-0.2, -0.15) is 15.2 Å². The zero-order valence-corrected chi connectivity index (χ0v) is 18.8. The highest BCUT2D eigenvalue weighted by Crippen LogP contribution is 2.53. The molecule has 9 heteroatoms.